The van der Waals surface area contributed by atoms with Gasteiger partial charge in [-0.05, 0) is 24.3 Å². The van der Waals surface area contributed by atoms with Crippen LogP contribution in [0.15, 0.2) is 105 Å². The molecular formula is C20H18N2O4S2. The van der Waals surface area contributed by atoms with Crippen molar-refractivity contribution in [3.05, 3.63) is 96.6 Å². The summed E-state index contributed by atoms with van der Waals surface area (Å²) in [7, 11) is -6.83. The molecule has 0 heterocycles. The minimum atomic E-state index is -4.11. The maximum absolute atomic E-state index is 13.0. The van der Waals surface area contributed by atoms with E-state index >= 15 is 0 Å². The number of rotatable bonds is 5. The predicted octanol–water partition coefficient (Wildman–Crippen LogP) is 3.14. The van der Waals surface area contributed by atoms with Gasteiger partial charge in [-0.15, -0.1) is 4.40 Å². The third kappa shape index (κ3) is 4.13. The summed E-state index contributed by atoms with van der Waals surface area (Å²) in [6.45, 7) is 0. The summed E-state index contributed by atoms with van der Waals surface area (Å²) < 4.78 is 56.4. The third-order valence-electron chi connectivity index (χ3n) is 3.98. The van der Waals surface area contributed by atoms with E-state index in [1.165, 1.54) is 31.3 Å². The Bertz CT molecular complexity index is 1180. The largest absolute Gasteiger partial charge is 0.284 e. The normalized spacial score (nSPS) is 12.5. The zero-order valence-electron chi connectivity index (χ0n) is 15.0. The summed E-state index contributed by atoms with van der Waals surface area (Å²) in [4.78, 5) is 0.0205. The van der Waals surface area contributed by atoms with Crippen molar-refractivity contribution < 1.29 is 16.8 Å². The lowest BCUT2D eigenvalue weighted by molar-refractivity contribution is 0.552. The molecule has 0 unspecified atom stereocenters. The Kier molecular flexibility index (Phi) is 5.62. The predicted molar refractivity (Wildman–Crippen MR) is 108 cm³/mol. The van der Waals surface area contributed by atoms with Crippen LogP contribution in [0.5, 0.6) is 0 Å². The zero-order chi connectivity index (χ0) is 20.2. The lowest BCUT2D eigenvalue weighted by Gasteiger charge is -2.21. The first-order valence-electron chi connectivity index (χ1n) is 8.32. The van der Waals surface area contributed by atoms with Gasteiger partial charge in [0.2, 0.25) is 0 Å². The van der Waals surface area contributed by atoms with Gasteiger partial charge in [0.25, 0.3) is 20.0 Å². The molecular weight excluding hydrogens is 396 g/mol. The molecule has 0 aliphatic rings. The summed E-state index contributed by atoms with van der Waals surface area (Å²) in [5, 5.41) is 0. The van der Waals surface area contributed by atoms with Crippen molar-refractivity contribution in [1.82, 2.24) is 4.31 Å². The fraction of sp³-hybridized carbons (Fsp3) is 0.0500. The molecule has 0 N–H and O–H groups in total. The second-order valence-electron chi connectivity index (χ2n) is 5.85. The van der Waals surface area contributed by atoms with Crippen LogP contribution in [0.3, 0.4) is 0 Å². The average Bonchev–Trinajstić information content (AvgIpc) is 2.73. The molecule has 0 aromatic heterocycles. The Balaban J connectivity index is 2.16. The summed E-state index contributed by atoms with van der Waals surface area (Å²) in [5.41, 5.74) is 0.365. The van der Waals surface area contributed by atoms with Crippen molar-refractivity contribution in [1.29, 1.82) is 0 Å². The first kappa shape index (κ1) is 19.8. The van der Waals surface area contributed by atoms with Gasteiger partial charge in [0, 0.05) is 12.6 Å². The molecule has 3 aromatic carbocycles. The Morgan fingerprint density at radius 2 is 1.11 bits per heavy atom. The molecule has 0 saturated carbocycles. The van der Waals surface area contributed by atoms with Gasteiger partial charge >= 0.3 is 0 Å². The molecule has 0 radical (unpaired) electrons. The number of amidine groups is 1. The van der Waals surface area contributed by atoms with Crippen molar-refractivity contribution >= 4 is 25.9 Å². The molecule has 6 nitrogen and oxygen atoms in total. The number of hydrogen-bond acceptors (Lipinski definition) is 4. The minimum Gasteiger partial charge on any atom is -0.252 e. The average molecular weight is 415 g/mol. The van der Waals surface area contributed by atoms with Crippen molar-refractivity contribution in [2.45, 2.75) is 9.79 Å². The Hall–Kier alpha value is -2.97. The van der Waals surface area contributed by atoms with Crippen LogP contribution in [-0.2, 0) is 20.0 Å². The van der Waals surface area contributed by atoms with E-state index in [0.29, 0.717) is 5.56 Å². The lowest BCUT2D eigenvalue weighted by Crippen LogP contribution is -2.34. The van der Waals surface area contributed by atoms with Crippen molar-refractivity contribution in [3.8, 4) is 0 Å². The van der Waals surface area contributed by atoms with Gasteiger partial charge in [0.05, 0.1) is 9.79 Å². The fourth-order valence-corrected chi connectivity index (χ4v) is 4.81. The van der Waals surface area contributed by atoms with Gasteiger partial charge in [-0.3, -0.25) is 4.31 Å². The molecule has 0 amide bonds. The number of benzene rings is 3. The van der Waals surface area contributed by atoms with Gasteiger partial charge in [-0.2, -0.15) is 8.42 Å². The van der Waals surface area contributed by atoms with Crippen LogP contribution >= 0.6 is 0 Å². The molecule has 144 valence electrons. The summed E-state index contributed by atoms with van der Waals surface area (Å²) in [6.07, 6.45) is 0. The van der Waals surface area contributed by atoms with Gasteiger partial charge in [-0.25, -0.2) is 8.42 Å². The minimum absolute atomic E-state index is 0.0195. The van der Waals surface area contributed by atoms with E-state index in [2.05, 4.69) is 4.40 Å². The highest BCUT2D eigenvalue weighted by molar-refractivity contribution is 7.91. The maximum atomic E-state index is 13.0. The topological polar surface area (TPSA) is 83.9 Å². The van der Waals surface area contributed by atoms with Crippen LogP contribution in [0, 0.1) is 0 Å². The molecule has 0 spiro atoms. The SMILES string of the molecule is CN(C(=NS(=O)(=O)c1ccccc1)c1ccccc1)S(=O)(=O)c1ccccc1. The number of hydrogen-bond donors (Lipinski definition) is 0. The molecule has 28 heavy (non-hydrogen) atoms. The Morgan fingerprint density at radius 1 is 0.679 bits per heavy atom. The van der Waals surface area contributed by atoms with Gasteiger partial charge in [0.15, 0.2) is 5.84 Å². The van der Waals surface area contributed by atoms with E-state index in [9.17, 15) is 16.8 Å². The molecule has 0 fully saturated rings. The number of sulfonamides is 2. The number of nitrogens with zero attached hydrogens (tertiary/aromatic N) is 2. The Morgan fingerprint density at radius 3 is 1.61 bits per heavy atom. The highest BCUT2D eigenvalue weighted by atomic mass is 32.2. The van der Waals surface area contributed by atoms with E-state index in [0.717, 1.165) is 4.31 Å². The molecule has 0 aliphatic heterocycles. The van der Waals surface area contributed by atoms with E-state index < -0.39 is 20.0 Å². The molecule has 0 atom stereocenters. The summed E-state index contributed by atoms with van der Waals surface area (Å²) in [5.74, 6) is -0.187. The third-order valence-corrected chi connectivity index (χ3v) is 7.02. The van der Waals surface area contributed by atoms with E-state index in [-0.39, 0.29) is 15.6 Å². The highest BCUT2D eigenvalue weighted by Gasteiger charge is 2.27. The molecule has 0 bridgehead atoms. The highest BCUT2D eigenvalue weighted by Crippen LogP contribution is 2.20. The fourth-order valence-electron chi connectivity index (χ4n) is 2.50. The summed E-state index contributed by atoms with van der Waals surface area (Å²) in [6, 6.07) is 23.8. The van der Waals surface area contributed by atoms with E-state index in [1.807, 2.05) is 0 Å². The van der Waals surface area contributed by atoms with E-state index in [1.54, 1.807) is 66.7 Å². The standard InChI is InChI=1S/C20H18N2O4S2/c1-22(28(25,26)19-15-9-4-10-16-19)20(17-11-5-2-6-12-17)21-27(23,24)18-13-7-3-8-14-18/h2-16H,1H3. The van der Waals surface area contributed by atoms with Crippen LogP contribution in [0.1, 0.15) is 5.56 Å². The molecule has 8 heteroatoms. The first-order chi connectivity index (χ1) is 13.3. The molecule has 3 aromatic rings. The van der Waals surface area contributed by atoms with E-state index in [4.69, 9.17) is 0 Å². The maximum Gasteiger partial charge on any atom is 0.284 e. The van der Waals surface area contributed by atoms with Crippen molar-refractivity contribution in [3.63, 3.8) is 0 Å². The van der Waals surface area contributed by atoms with Gasteiger partial charge in [-0.1, -0.05) is 66.7 Å². The monoisotopic (exact) mass is 414 g/mol. The molecule has 0 saturated heterocycles. The van der Waals surface area contributed by atoms with Crippen molar-refractivity contribution in [2.24, 2.45) is 4.40 Å². The van der Waals surface area contributed by atoms with Crippen LogP contribution in [0.2, 0.25) is 0 Å². The Labute approximate surface area is 164 Å². The zero-order valence-corrected chi connectivity index (χ0v) is 16.6. The quantitative estimate of drug-likeness (QED) is 0.474. The van der Waals surface area contributed by atoms with Crippen molar-refractivity contribution in [2.75, 3.05) is 7.05 Å². The first-order valence-corrected chi connectivity index (χ1v) is 11.2. The second-order valence-corrected chi connectivity index (χ2v) is 9.43. The van der Waals surface area contributed by atoms with Crippen LogP contribution in [0.4, 0.5) is 0 Å². The van der Waals surface area contributed by atoms with Gasteiger partial charge < -0.3 is 0 Å². The van der Waals surface area contributed by atoms with Crippen LogP contribution < -0.4 is 0 Å². The lowest BCUT2D eigenvalue weighted by atomic mass is 10.2. The van der Waals surface area contributed by atoms with Crippen LogP contribution in [0.25, 0.3) is 0 Å². The van der Waals surface area contributed by atoms with Crippen LogP contribution in [-0.4, -0.2) is 34.0 Å². The second kappa shape index (κ2) is 7.95. The van der Waals surface area contributed by atoms with Gasteiger partial charge in [0.1, 0.15) is 0 Å². The molecule has 0 aliphatic carbocycles. The smallest absolute Gasteiger partial charge is 0.252 e. The summed E-state index contributed by atoms with van der Waals surface area (Å²) >= 11 is 0. The molecule has 3 rings (SSSR count).